The van der Waals surface area contributed by atoms with E-state index in [1.165, 1.54) is 15.8 Å². The van der Waals surface area contributed by atoms with Crippen LogP contribution in [0.2, 0.25) is 0 Å². The summed E-state index contributed by atoms with van der Waals surface area (Å²) in [6.45, 7) is 7.22. The number of carbonyl (C=O) groups excluding carboxylic acids is 1. The van der Waals surface area contributed by atoms with Gasteiger partial charge >= 0.3 is 12.1 Å². The van der Waals surface area contributed by atoms with Crippen LogP contribution in [0.3, 0.4) is 0 Å². The van der Waals surface area contributed by atoms with E-state index in [9.17, 15) is 14.7 Å². The number of likely N-dealkylation sites (N-methyl/N-ethyl adjacent to an activating group) is 1. The van der Waals surface area contributed by atoms with Crippen LogP contribution in [0.15, 0.2) is 34.0 Å². The van der Waals surface area contributed by atoms with Crippen LogP contribution in [0, 0.1) is 12.8 Å². The number of carboxylic acids is 1. The van der Waals surface area contributed by atoms with Crippen LogP contribution >= 0.6 is 0 Å². The zero-order valence-electron chi connectivity index (χ0n) is 21.6. The molecule has 37 heavy (non-hydrogen) atoms. The van der Waals surface area contributed by atoms with Crippen LogP contribution in [-0.4, -0.2) is 74.7 Å². The van der Waals surface area contributed by atoms with Crippen molar-refractivity contribution in [1.29, 1.82) is 0 Å². The molecule has 2 heterocycles. The van der Waals surface area contributed by atoms with Crippen molar-refractivity contribution in [3.63, 3.8) is 0 Å². The lowest BCUT2D eigenvalue weighted by atomic mass is 9.87. The lowest BCUT2D eigenvalue weighted by molar-refractivity contribution is -0.143. The Morgan fingerprint density at radius 2 is 2.14 bits per heavy atom. The van der Waals surface area contributed by atoms with Gasteiger partial charge in [-0.3, -0.25) is 14.8 Å². The molecule has 0 unspecified atom stereocenters. The molecule has 12 heteroatoms. The van der Waals surface area contributed by atoms with Crippen LogP contribution in [-0.2, 0) is 23.2 Å². The Kier molecular flexibility index (Phi) is 9.47. The van der Waals surface area contributed by atoms with Crippen molar-refractivity contribution in [2.75, 3.05) is 13.6 Å². The Morgan fingerprint density at radius 3 is 2.81 bits per heavy atom. The van der Waals surface area contributed by atoms with Crippen molar-refractivity contribution in [1.82, 2.24) is 24.9 Å². The Bertz CT molecular complexity index is 1190. The first-order valence-corrected chi connectivity index (χ1v) is 12.0. The van der Waals surface area contributed by atoms with Crippen molar-refractivity contribution < 1.29 is 24.2 Å². The predicted molar refractivity (Wildman–Crippen MR) is 138 cm³/mol. The van der Waals surface area contributed by atoms with Gasteiger partial charge < -0.3 is 19.5 Å². The van der Waals surface area contributed by atoms with Gasteiger partial charge in [-0.25, -0.2) is 14.5 Å². The molecule has 1 saturated carbocycles. The first-order valence-electron chi connectivity index (χ1n) is 12.0. The third-order valence-corrected chi connectivity index (χ3v) is 6.11. The molecule has 1 aliphatic rings. The molecule has 0 aromatic carbocycles. The van der Waals surface area contributed by atoms with E-state index in [1.807, 2.05) is 6.92 Å². The standard InChI is InChI=1S/C25H33N7O5/c1-6-27-13-18(26-3)14-31(4)25(35)36-15-21-23(29-30-32(21)5)20-10-11-22(16(2)28-20)37-19-9-7-8-17(12-19)24(33)34/h6,10-11,13,17,19H,3,7-9,12,14-15H2,1-2,4-5H3,(H,33,34)/b18-13-,27-6-/t17-,19-/m0/s1. The highest BCUT2D eigenvalue weighted by molar-refractivity contribution is 5.70. The second-order valence-electron chi connectivity index (χ2n) is 8.83. The topological polar surface area (TPSA) is 144 Å². The van der Waals surface area contributed by atoms with E-state index in [-0.39, 0.29) is 25.2 Å². The molecule has 1 N–H and O–H groups in total. The largest absolute Gasteiger partial charge is 0.489 e. The average molecular weight is 512 g/mol. The number of ether oxygens (including phenoxy) is 2. The fraction of sp³-hybridized carbons (Fsp3) is 0.480. The van der Waals surface area contributed by atoms with Crippen LogP contribution in [0.5, 0.6) is 5.75 Å². The fourth-order valence-electron chi connectivity index (χ4n) is 4.04. The molecule has 0 spiro atoms. The van der Waals surface area contributed by atoms with Gasteiger partial charge in [-0.2, -0.15) is 0 Å². The molecule has 12 nitrogen and oxygen atoms in total. The van der Waals surface area contributed by atoms with Gasteiger partial charge in [0.25, 0.3) is 0 Å². The molecule has 0 saturated heterocycles. The van der Waals surface area contributed by atoms with Crippen molar-refractivity contribution in [2.24, 2.45) is 23.0 Å². The molecule has 198 valence electrons. The number of aliphatic imine (C=N–C) groups is 2. The zero-order valence-corrected chi connectivity index (χ0v) is 21.6. The maximum atomic E-state index is 12.5. The van der Waals surface area contributed by atoms with Gasteiger partial charge in [-0.1, -0.05) is 5.21 Å². The number of aromatic nitrogens is 4. The van der Waals surface area contributed by atoms with E-state index in [0.29, 0.717) is 47.1 Å². The minimum atomic E-state index is -0.777. The molecule has 0 radical (unpaired) electrons. The summed E-state index contributed by atoms with van der Waals surface area (Å²) in [6, 6.07) is 3.57. The first-order chi connectivity index (χ1) is 17.7. The molecular weight excluding hydrogens is 478 g/mol. The second-order valence-corrected chi connectivity index (χ2v) is 8.83. The summed E-state index contributed by atoms with van der Waals surface area (Å²) in [5.41, 5.74) is 2.79. The summed E-state index contributed by atoms with van der Waals surface area (Å²) in [7, 11) is 3.30. The number of hydrogen-bond donors (Lipinski definition) is 1. The molecular formula is C25H33N7O5. The second kappa shape index (κ2) is 12.7. The van der Waals surface area contributed by atoms with E-state index >= 15 is 0 Å². The van der Waals surface area contributed by atoms with Crippen molar-refractivity contribution in [3.8, 4) is 17.1 Å². The summed E-state index contributed by atoms with van der Waals surface area (Å²) in [6.07, 6.45) is 5.21. The minimum absolute atomic E-state index is 0.0622. The Hall–Kier alpha value is -4.09. The van der Waals surface area contributed by atoms with E-state index in [2.05, 4.69) is 32.0 Å². The molecule has 2 atom stereocenters. The van der Waals surface area contributed by atoms with Crippen LogP contribution in [0.4, 0.5) is 4.79 Å². The Labute approximate surface area is 215 Å². The zero-order chi connectivity index (χ0) is 26.9. The maximum absolute atomic E-state index is 12.5. The van der Waals surface area contributed by atoms with Gasteiger partial charge in [0.1, 0.15) is 23.7 Å². The van der Waals surface area contributed by atoms with Gasteiger partial charge in [-0.05, 0) is 58.4 Å². The number of amides is 1. The van der Waals surface area contributed by atoms with E-state index < -0.39 is 12.1 Å². The lowest BCUT2D eigenvalue weighted by Gasteiger charge is -2.27. The summed E-state index contributed by atoms with van der Waals surface area (Å²) in [5.74, 6) is -0.554. The number of carboxylic acid groups (broad SMARTS) is 1. The van der Waals surface area contributed by atoms with Gasteiger partial charge in [0.05, 0.1) is 35.7 Å². The first kappa shape index (κ1) is 27.5. The summed E-state index contributed by atoms with van der Waals surface area (Å²) in [5, 5.41) is 17.6. The molecule has 0 bridgehead atoms. The Morgan fingerprint density at radius 1 is 1.35 bits per heavy atom. The van der Waals surface area contributed by atoms with Crippen molar-refractivity contribution >= 4 is 25.0 Å². The number of aliphatic carboxylic acids is 1. The van der Waals surface area contributed by atoms with Gasteiger partial charge in [-0.15, -0.1) is 5.10 Å². The minimum Gasteiger partial charge on any atom is -0.489 e. The number of pyridine rings is 1. The fourth-order valence-corrected chi connectivity index (χ4v) is 4.04. The van der Waals surface area contributed by atoms with Crippen molar-refractivity contribution in [2.45, 2.75) is 52.2 Å². The monoisotopic (exact) mass is 511 g/mol. The maximum Gasteiger partial charge on any atom is 0.410 e. The van der Waals surface area contributed by atoms with E-state index in [4.69, 9.17) is 9.47 Å². The number of nitrogens with zero attached hydrogens (tertiary/aromatic N) is 7. The molecule has 1 amide bonds. The van der Waals surface area contributed by atoms with Crippen LogP contribution < -0.4 is 4.74 Å². The number of aryl methyl sites for hydroxylation is 2. The normalized spacial score (nSPS) is 18.0. The summed E-state index contributed by atoms with van der Waals surface area (Å²) >= 11 is 0. The molecule has 1 fully saturated rings. The quantitative estimate of drug-likeness (QED) is 0.478. The molecule has 3 rings (SSSR count). The molecule has 1 aliphatic carbocycles. The third-order valence-electron chi connectivity index (χ3n) is 6.11. The van der Waals surface area contributed by atoms with Crippen LogP contribution in [0.1, 0.15) is 44.0 Å². The molecule has 2 aromatic rings. The summed E-state index contributed by atoms with van der Waals surface area (Å²) in [4.78, 5) is 37.7. The molecule has 2 aromatic heterocycles. The number of hydrogen-bond acceptors (Lipinski definition) is 9. The average Bonchev–Trinajstić information content (AvgIpc) is 3.26. The Balaban J connectivity index is 1.67. The smallest absolute Gasteiger partial charge is 0.410 e. The highest BCUT2D eigenvalue weighted by Crippen LogP contribution is 2.30. The predicted octanol–water partition coefficient (Wildman–Crippen LogP) is 3.41. The SMILES string of the molecule is C=N/C(=C\N=C/C)CN(C)C(=O)OCc1c(-c2ccc(O[C@H]3CCC[C@H](C(=O)O)C3)c(C)n2)nnn1C. The summed E-state index contributed by atoms with van der Waals surface area (Å²) < 4.78 is 13.1. The van der Waals surface area contributed by atoms with Crippen molar-refractivity contribution in [3.05, 3.63) is 35.4 Å². The van der Waals surface area contributed by atoms with Gasteiger partial charge in [0, 0.05) is 26.5 Å². The van der Waals surface area contributed by atoms with Gasteiger partial charge in [0.2, 0.25) is 0 Å². The number of carbonyl (C=O) groups is 2. The number of rotatable bonds is 10. The highest BCUT2D eigenvalue weighted by atomic mass is 16.6. The van der Waals surface area contributed by atoms with Gasteiger partial charge in [0.15, 0.2) is 0 Å². The highest BCUT2D eigenvalue weighted by Gasteiger charge is 2.28. The third kappa shape index (κ3) is 7.21. The van der Waals surface area contributed by atoms with Crippen LogP contribution in [0.25, 0.3) is 11.4 Å². The lowest BCUT2D eigenvalue weighted by Crippen LogP contribution is -2.29. The molecule has 0 aliphatic heterocycles. The van der Waals surface area contributed by atoms with E-state index in [0.717, 1.165) is 12.8 Å². The van der Waals surface area contributed by atoms with E-state index in [1.54, 1.807) is 39.4 Å².